The molecule has 0 N–H and O–H groups in total. The maximum absolute atomic E-state index is 5.25. The summed E-state index contributed by atoms with van der Waals surface area (Å²) in [4.78, 5) is 3.57. The Labute approximate surface area is 45.4 Å². The number of hydrogen-bond acceptors (Lipinski definition) is 3. The zero-order valence-corrected chi connectivity index (χ0v) is 4.13. The fourth-order valence-electron chi connectivity index (χ4n) is 0.231. The van der Waals surface area contributed by atoms with Crippen LogP contribution in [-0.2, 0) is 0 Å². The average molecular weight is 116 g/mol. The van der Waals surface area contributed by atoms with E-state index in [2.05, 4.69) is 15.2 Å². The van der Waals surface area contributed by atoms with E-state index in [1.807, 2.05) is 0 Å². The van der Waals surface area contributed by atoms with E-state index in [9.17, 15) is 0 Å². The predicted octanol–water partition coefficient (Wildman–Crippen LogP) is 0.525. The second-order valence-electron chi connectivity index (χ2n) is 0.912. The van der Waals surface area contributed by atoms with Gasteiger partial charge in [-0.1, -0.05) is 0 Å². The Balaban J connectivity index is 3.02. The van der Waals surface area contributed by atoms with E-state index >= 15 is 0 Å². The Morgan fingerprint density at radius 1 is 1.43 bits per heavy atom. The molecule has 0 bridgehead atoms. The molecule has 0 aliphatic heterocycles. The minimum absolute atomic E-state index is 0.183. The van der Waals surface area contributed by atoms with Gasteiger partial charge in [0.1, 0.15) is 0 Å². The first-order valence-electron chi connectivity index (χ1n) is 1.69. The summed E-state index contributed by atoms with van der Waals surface area (Å²) < 4.78 is 0. The molecular formula is C3H2ClN3. The van der Waals surface area contributed by atoms with Crippen molar-refractivity contribution >= 4 is 11.6 Å². The van der Waals surface area contributed by atoms with Gasteiger partial charge >= 0.3 is 0 Å². The van der Waals surface area contributed by atoms with E-state index in [-0.39, 0.29) is 5.28 Å². The molecule has 0 aliphatic rings. The van der Waals surface area contributed by atoms with Crippen molar-refractivity contribution in [3.05, 3.63) is 17.7 Å². The van der Waals surface area contributed by atoms with E-state index in [4.69, 9.17) is 11.6 Å². The molecule has 1 heterocycles. The normalized spacial score (nSPS) is 8.71. The van der Waals surface area contributed by atoms with Crippen molar-refractivity contribution in [2.75, 3.05) is 0 Å². The lowest BCUT2D eigenvalue weighted by Gasteiger charge is -1.77. The van der Waals surface area contributed by atoms with Crippen molar-refractivity contribution in [2.45, 2.75) is 0 Å². The SMILES string of the molecule is Clc1nccnn1. The molecular weight excluding hydrogens is 114 g/mol. The lowest BCUT2D eigenvalue weighted by Crippen LogP contribution is -1.80. The number of halogens is 1. The lowest BCUT2D eigenvalue weighted by molar-refractivity contribution is 0.970. The summed E-state index contributed by atoms with van der Waals surface area (Å²) in [5.74, 6) is 0. The van der Waals surface area contributed by atoms with Gasteiger partial charge in [0, 0.05) is 0 Å². The average Bonchev–Trinajstić information content (AvgIpc) is 1.69. The Bertz CT molecular complexity index is 140. The zero-order valence-electron chi connectivity index (χ0n) is 3.37. The van der Waals surface area contributed by atoms with Crippen LogP contribution in [0.2, 0.25) is 5.28 Å². The van der Waals surface area contributed by atoms with Gasteiger partial charge in [-0.2, -0.15) is 5.10 Å². The quantitative estimate of drug-likeness (QED) is 0.495. The molecule has 4 heteroatoms. The zero-order chi connectivity index (χ0) is 5.11. The van der Waals surface area contributed by atoms with Crippen LogP contribution >= 0.6 is 11.6 Å². The molecule has 0 saturated carbocycles. The van der Waals surface area contributed by atoms with E-state index in [0.717, 1.165) is 0 Å². The summed E-state index contributed by atoms with van der Waals surface area (Å²) >= 11 is 5.25. The van der Waals surface area contributed by atoms with Crippen molar-refractivity contribution in [1.29, 1.82) is 0 Å². The number of rotatable bonds is 0. The molecule has 0 spiro atoms. The molecule has 0 saturated heterocycles. The van der Waals surface area contributed by atoms with Gasteiger partial charge in [0.25, 0.3) is 0 Å². The molecule has 0 fully saturated rings. The lowest BCUT2D eigenvalue weighted by atomic mass is 10.9. The van der Waals surface area contributed by atoms with Crippen molar-refractivity contribution in [3.63, 3.8) is 0 Å². The molecule has 1 aromatic heterocycles. The molecule has 0 radical (unpaired) electrons. The van der Waals surface area contributed by atoms with Gasteiger partial charge in [-0.25, -0.2) is 4.98 Å². The summed E-state index contributed by atoms with van der Waals surface area (Å²) in [6, 6.07) is 0. The molecule has 7 heavy (non-hydrogen) atoms. The van der Waals surface area contributed by atoms with Crippen LogP contribution in [-0.4, -0.2) is 15.2 Å². The third-order valence-electron chi connectivity index (χ3n) is 0.455. The summed E-state index contributed by atoms with van der Waals surface area (Å²) in [5, 5.41) is 7.01. The van der Waals surface area contributed by atoms with Gasteiger partial charge in [-0.3, -0.25) is 0 Å². The number of nitrogens with zero attached hydrogens (tertiary/aromatic N) is 3. The maximum atomic E-state index is 5.25. The molecule has 36 valence electrons. The Kier molecular flexibility index (Phi) is 1.17. The van der Waals surface area contributed by atoms with Crippen LogP contribution in [0.15, 0.2) is 12.4 Å². The molecule has 0 atom stereocenters. The van der Waals surface area contributed by atoms with Crippen molar-refractivity contribution in [1.82, 2.24) is 15.2 Å². The molecule has 0 aromatic carbocycles. The Hall–Kier alpha value is -0.700. The number of hydrogen-bond donors (Lipinski definition) is 0. The Morgan fingerprint density at radius 3 is 2.57 bits per heavy atom. The van der Waals surface area contributed by atoms with Crippen molar-refractivity contribution < 1.29 is 0 Å². The van der Waals surface area contributed by atoms with Gasteiger partial charge in [0.05, 0.1) is 12.4 Å². The van der Waals surface area contributed by atoms with Crippen LogP contribution in [0.3, 0.4) is 0 Å². The van der Waals surface area contributed by atoms with Crippen LogP contribution in [0.25, 0.3) is 0 Å². The van der Waals surface area contributed by atoms with Gasteiger partial charge in [0.2, 0.25) is 5.28 Å². The van der Waals surface area contributed by atoms with Crippen LogP contribution in [0.1, 0.15) is 0 Å². The van der Waals surface area contributed by atoms with Crippen molar-refractivity contribution in [3.8, 4) is 0 Å². The maximum Gasteiger partial charge on any atom is 0.242 e. The highest BCUT2D eigenvalue weighted by Crippen LogP contribution is 1.89. The molecule has 0 aliphatic carbocycles. The summed E-state index contributed by atoms with van der Waals surface area (Å²) in [5.41, 5.74) is 0. The van der Waals surface area contributed by atoms with Crippen LogP contribution in [0.4, 0.5) is 0 Å². The second-order valence-corrected chi connectivity index (χ2v) is 1.25. The highest BCUT2D eigenvalue weighted by Gasteiger charge is 1.79. The monoisotopic (exact) mass is 115 g/mol. The van der Waals surface area contributed by atoms with Gasteiger partial charge in [-0.05, 0) is 11.6 Å². The third-order valence-corrected chi connectivity index (χ3v) is 0.628. The number of aromatic nitrogens is 3. The highest BCUT2D eigenvalue weighted by atomic mass is 35.5. The van der Waals surface area contributed by atoms with Crippen molar-refractivity contribution in [2.24, 2.45) is 0 Å². The van der Waals surface area contributed by atoms with E-state index in [1.54, 1.807) is 0 Å². The van der Waals surface area contributed by atoms with Crippen LogP contribution < -0.4 is 0 Å². The minimum Gasteiger partial charge on any atom is -0.223 e. The summed E-state index contributed by atoms with van der Waals surface area (Å²) in [7, 11) is 0. The van der Waals surface area contributed by atoms with Gasteiger partial charge in [-0.15, -0.1) is 5.10 Å². The largest absolute Gasteiger partial charge is 0.242 e. The Morgan fingerprint density at radius 2 is 2.29 bits per heavy atom. The second kappa shape index (κ2) is 1.84. The topological polar surface area (TPSA) is 38.7 Å². The minimum atomic E-state index is 0.183. The standard InChI is InChI=1S/C3H2ClN3/c4-3-5-1-2-6-7-3/h1-2H. The molecule has 0 amide bonds. The van der Waals surface area contributed by atoms with Gasteiger partial charge in [0.15, 0.2) is 0 Å². The van der Waals surface area contributed by atoms with Gasteiger partial charge < -0.3 is 0 Å². The molecule has 1 rings (SSSR count). The fourth-order valence-corrected chi connectivity index (χ4v) is 0.331. The van der Waals surface area contributed by atoms with Crippen LogP contribution in [0, 0.1) is 0 Å². The molecule has 0 unspecified atom stereocenters. The third kappa shape index (κ3) is 1.08. The fraction of sp³-hybridized carbons (Fsp3) is 0. The highest BCUT2D eigenvalue weighted by molar-refractivity contribution is 6.28. The summed E-state index contributed by atoms with van der Waals surface area (Å²) in [6.07, 6.45) is 2.95. The smallest absolute Gasteiger partial charge is 0.223 e. The molecule has 1 aromatic rings. The first-order chi connectivity index (χ1) is 3.39. The van der Waals surface area contributed by atoms with Crippen LogP contribution in [0.5, 0.6) is 0 Å². The van der Waals surface area contributed by atoms with E-state index in [0.29, 0.717) is 0 Å². The van der Waals surface area contributed by atoms with E-state index < -0.39 is 0 Å². The first-order valence-corrected chi connectivity index (χ1v) is 2.06. The predicted molar refractivity (Wildman–Crippen MR) is 24.8 cm³/mol. The molecule has 3 nitrogen and oxygen atoms in total. The van der Waals surface area contributed by atoms with E-state index in [1.165, 1.54) is 12.4 Å². The summed E-state index contributed by atoms with van der Waals surface area (Å²) in [6.45, 7) is 0. The first kappa shape index (κ1) is 4.46.